The Morgan fingerprint density at radius 2 is 2.00 bits per heavy atom. The van der Waals surface area contributed by atoms with Gasteiger partial charge in [0, 0.05) is 24.5 Å². The highest BCUT2D eigenvalue weighted by atomic mass is 35.5. The van der Waals surface area contributed by atoms with Gasteiger partial charge in [0.25, 0.3) is 0 Å². The van der Waals surface area contributed by atoms with E-state index in [-0.39, 0.29) is 29.2 Å². The molecule has 0 bridgehead atoms. The van der Waals surface area contributed by atoms with Gasteiger partial charge in [0.1, 0.15) is 12.3 Å². The molecule has 0 spiro atoms. The lowest BCUT2D eigenvalue weighted by Crippen LogP contribution is -2.42. The molecule has 1 aromatic carbocycles. The van der Waals surface area contributed by atoms with Crippen LogP contribution in [0.5, 0.6) is 5.75 Å². The molecule has 182 valence electrons. The SMILES string of the molecule is CCOC(=O)CN=C1CCC[C@@H](N(C)S(=O)(=O)c2ccc(OC3CCCC3)c(Cl)c2)C1=CN. The summed E-state index contributed by atoms with van der Waals surface area (Å²) in [7, 11) is -2.34. The van der Waals surface area contributed by atoms with E-state index in [1.807, 2.05) is 0 Å². The predicted molar refractivity (Wildman–Crippen MR) is 128 cm³/mol. The number of hydrogen-bond donors (Lipinski definition) is 1. The second-order valence-electron chi connectivity index (χ2n) is 8.24. The summed E-state index contributed by atoms with van der Waals surface area (Å²) in [4.78, 5) is 16.1. The number of ether oxygens (including phenoxy) is 2. The van der Waals surface area contributed by atoms with Crippen molar-refractivity contribution in [1.82, 2.24) is 4.31 Å². The number of sulfonamides is 1. The molecule has 1 aromatic rings. The molecule has 0 saturated heterocycles. The topological polar surface area (TPSA) is 111 Å². The average molecular weight is 498 g/mol. The third-order valence-electron chi connectivity index (χ3n) is 6.08. The van der Waals surface area contributed by atoms with Crippen molar-refractivity contribution in [1.29, 1.82) is 0 Å². The molecule has 8 nitrogen and oxygen atoms in total. The lowest BCUT2D eigenvalue weighted by Gasteiger charge is -2.33. The van der Waals surface area contributed by atoms with E-state index in [9.17, 15) is 13.2 Å². The van der Waals surface area contributed by atoms with Crippen molar-refractivity contribution >= 4 is 33.3 Å². The summed E-state index contributed by atoms with van der Waals surface area (Å²) < 4.78 is 39.0. The van der Waals surface area contributed by atoms with Crippen molar-refractivity contribution in [3.63, 3.8) is 0 Å². The molecule has 2 aliphatic carbocycles. The Kier molecular flexibility index (Phi) is 8.78. The molecular weight excluding hydrogens is 466 g/mol. The zero-order valence-electron chi connectivity index (χ0n) is 19.1. The molecule has 2 aliphatic rings. The zero-order chi connectivity index (χ0) is 24.0. The van der Waals surface area contributed by atoms with Gasteiger partial charge in [-0.2, -0.15) is 4.31 Å². The highest BCUT2D eigenvalue weighted by Gasteiger charge is 2.34. The first-order valence-electron chi connectivity index (χ1n) is 11.3. The van der Waals surface area contributed by atoms with E-state index in [0.717, 1.165) is 32.1 Å². The molecule has 2 saturated carbocycles. The number of nitrogens with two attached hydrogens (primary N) is 1. The van der Waals surface area contributed by atoms with Gasteiger partial charge in [-0.15, -0.1) is 0 Å². The van der Waals surface area contributed by atoms with Crippen LogP contribution < -0.4 is 10.5 Å². The van der Waals surface area contributed by atoms with Crippen LogP contribution >= 0.6 is 11.6 Å². The second-order valence-corrected chi connectivity index (χ2v) is 10.6. The van der Waals surface area contributed by atoms with Crippen molar-refractivity contribution < 1.29 is 22.7 Å². The molecule has 0 heterocycles. The predicted octanol–water partition coefficient (Wildman–Crippen LogP) is 3.68. The minimum atomic E-state index is -3.86. The standard InChI is InChI=1S/C23H32ClN3O5S/c1-3-31-23(28)15-26-20-9-6-10-21(18(20)14-25)27(2)33(29,30)17-11-12-22(19(24)13-17)32-16-7-4-5-8-16/h11-14,16,21H,3-10,15,25H2,1-2H3/t21-/m1/s1. The molecule has 3 rings (SSSR count). The summed E-state index contributed by atoms with van der Waals surface area (Å²) in [5.41, 5.74) is 7.10. The maximum atomic E-state index is 13.4. The van der Waals surface area contributed by atoms with Gasteiger partial charge < -0.3 is 15.2 Å². The highest BCUT2D eigenvalue weighted by molar-refractivity contribution is 7.89. The van der Waals surface area contributed by atoms with Crippen molar-refractivity contribution in [2.75, 3.05) is 20.2 Å². The van der Waals surface area contributed by atoms with Crippen LogP contribution in [0, 0.1) is 0 Å². The van der Waals surface area contributed by atoms with Crippen LogP contribution in [0.15, 0.2) is 39.9 Å². The fraction of sp³-hybridized carbons (Fsp3) is 0.565. The Labute approximate surface area is 200 Å². The quantitative estimate of drug-likeness (QED) is 0.548. The molecule has 0 aromatic heterocycles. The maximum Gasteiger partial charge on any atom is 0.327 e. The van der Waals surface area contributed by atoms with Crippen molar-refractivity contribution in [2.24, 2.45) is 10.7 Å². The number of rotatable bonds is 8. The van der Waals surface area contributed by atoms with Gasteiger partial charge in [-0.1, -0.05) is 11.6 Å². The molecule has 0 amide bonds. The molecule has 0 unspecified atom stereocenters. The number of esters is 1. The largest absolute Gasteiger partial charge is 0.489 e. The van der Waals surface area contributed by atoms with Gasteiger partial charge >= 0.3 is 5.97 Å². The second kappa shape index (κ2) is 11.4. The molecule has 0 aliphatic heterocycles. The number of nitrogens with zero attached hydrogens (tertiary/aromatic N) is 2. The number of benzene rings is 1. The number of hydrogen-bond acceptors (Lipinski definition) is 7. The van der Waals surface area contributed by atoms with E-state index in [4.69, 9.17) is 26.8 Å². The summed E-state index contributed by atoms with van der Waals surface area (Å²) in [5.74, 6) is 0.0674. The van der Waals surface area contributed by atoms with Gasteiger partial charge in [-0.05, 0) is 70.1 Å². The summed E-state index contributed by atoms with van der Waals surface area (Å²) in [6.07, 6.45) is 7.65. The first kappa shape index (κ1) is 25.5. The monoisotopic (exact) mass is 497 g/mol. The number of aliphatic imine (C=N–C) groups is 1. The summed E-state index contributed by atoms with van der Waals surface area (Å²) in [5, 5.41) is 0.270. The van der Waals surface area contributed by atoms with Crippen LogP contribution in [0.3, 0.4) is 0 Å². The smallest absolute Gasteiger partial charge is 0.327 e. The van der Waals surface area contributed by atoms with Gasteiger partial charge in [0.05, 0.1) is 28.7 Å². The fourth-order valence-electron chi connectivity index (χ4n) is 4.33. The van der Waals surface area contributed by atoms with Crippen LogP contribution in [0.2, 0.25) is 5.02 Å². The van der Waals surface area contributed by atoms with Gasteiger partial charge in [-0.3, -0.25) is 9.79 Å². The van der Waals surface area contributed by atoms with E-state index >= 15 is 0 Å². The summed E-state index contributed by atoms with van der Waals surface area (Å²) in [6.45, 7) is 1.88. The Bertz CT molecular complexity index is 1020. The fourth-order valence-corrected chi connectivity index (χ4v) is 6.02. The first-order chi connectivity index (χ1) is 15.8. The van der Waals surface area contributed by atoms with Crippen LogP contribution in [0.4, 0.5) is 0 Å². The third-order valence-corrected chi connectivity index (χ3v) is 8.24. The Morgan fingerprint density at radius 1 is 1.27 bits per heavy atom. The van der Waals surface area contributed by atoms with E-state index in [2.05, 4.69) is 4.99 Å². The zero-order valence-corrected chi connectivity index (χ0v) is 20.7. The van der Waals surface area contributed by atoms with Crippen LogP contribution in [-0.4, -0.2) is 56.7 Å². The van der Waals surface area contributed by atoms with Gasteiger partial charge in [-0.25, -0.2) is 8.42 Å². The van der Waals surface area contributed by atoms with Crippen LogP contribution in [0.1, 0.15) is 51.9 Å². The van der Waals surface area contributed by atoms with Crippen LogP contribution in [-0.2, 0) is 19.6 Å². The van der Waals surface area contributed by atoms with E-state index < -0.39 is 22.0 Å². The van der Waals surface area contributed by atoms with Gasteiger partial charge in [0.2, 0.25) is 10.0 Å². The Morgan fingerprint density at radius 3 is 2.64 bits per heavy atom. The minimum absolute atomic E-state index is 0.0840. The van der Waals surface area contributed by atoms with Crippen LogP contribution in [0.25, 0.3) is 0 Å². The maximum absolute atomic E-state index is 13.4. The van der Waals surface area contributed by atoms with Crippen molar-refractivity contribution in [3.8, 4) is 5.75 Å². The van der Waals surface area contributed by atoms with E-state index in [1.54, 1.807) is 13.0 Å². The number of carbonyl (C=O) groups excluding carboxylic acids is 1. The molecular formula is C23H32ClN3O5S. The number of halogens is 1. The number of likely N-dealkylation sites (N-methyl/N-ethyl adjacent to an activating group) is 1. The van der Waals surface area contributed by atoms with E-state index in [1.165, 1.54) is 29.7 Å². The average Bonchev–Trinajstić information content (AvgIpc) is 3.31. The molecule has 2 fully saturated rings. The number of carbonyl (C=O) groups is 1. The lowest BCUT2D eigenvalue weighted by molar-refractivity contribution is -0.141. The lowest BCUT2D eigenvalue weighted by atomic mass is 9.88. The molecule has 10 heteroatoms. The first-order valence-corrected chi connectivity index (χ1v) is 13.1. The Balaban J connectivity index is 1.79. The van der Waals surface area contributed by atoms with E-state index in [0.29, 0.717) is 29.9 Å². The highest BCUT2D eigenvalue weighted by Crippen LogP contribution is 2.34. The molecule has 33 heavy (non-hydrogen) atoms. The normalized spacial score (nSPS) is 22.2. The summed E-state index contributed by atoms with van der Waals surface area (Å²) >= 11 is 6.38. The minimum Gasteiger partial charge on any atom is -0.489 e. The third kappa shape index (κ3) is 6.07. The molecule has 1 atom stereocenters. The van der Waals surface area contributed by atoms with Crippen molar-refractivity contribution in [3.05, 3.63) is 35.0 Å². The van der Waals surface area contributed by atoms with Gasteiger partial charge in [0.15, 0.2) is 0 Å². The summed E-state index contributed by atoms with van der Waals surface area (Å²) in [6, 6.07) is 4.07. The molecule has 0 radical (unpaired) electrons. The van der Waals surface area contributed by atoms with Crippen molar-refractivity contribution in [2.45, 2.75) is 68.9 Å². The Hall–Kier alpha value is -2.10. The molecule has 2 N–H and O–H groups in total.